The van der Waals surface area contributed by atoms with Crippen molar-refractivity contribution < 1.29 is 0 Å². The van der Waals surface area contributed by atoms with Gasteiger partial charge in [0.25, 0.3) is 0 Å². The highest BCUT2D eigenvalue weighted by atomic mass is 14.2. The second-order valence-electron chi connectivity index (χ2n) is 9.10. The summed E-state index contributed by atoms with van der Waals surface area (Å²) in [5.41, 5.74) is 5.37. The molecule has 6 rings (SSSR count). The lowest BCUT2D eigenvalue weighted by atomic mass is 9.80. The van der Waals surface area contributed by atoms with Gasteiger partial charge in [0.05, 0.1) is 0 Å². The number of hydrogen-bond acceptors (Lipinski definition) is 0. The number of fused-ring (bicyclic) bond motifs is 6. The number of hydrogen-bond donors (Lipinski definition) is 0. The maximum absolute atomic E-state index is 2.41. The summed E-state index contributed by atoms with van der Waals surface area (Å²) in [5.74, 6) is 0.893. The standard InChI is InChI=1S/C32H26/c1-21-15-17-25(31(19-21)24-10-4-3-9-22(24)2)23-16-18-30-28-13-6-5-11-26(28)27-12-7-8-14-29(27)32(30)20-23/h3-20,22,24H,1-2H3. The van der Waals surface area contributed by atoms with E-state index in [1.807, 2.05) is 0 Å². The van der Waals surface area contributed by atoms with Crippen LogP contribution in [0, 0.1) is 12.8 Å². The Morgan fingerprint density at radius 3 is 1.81 bits per heavy atom. The van der Waals surface area contributed by atoms with Crippen LogP contribution in [0.5, 0.6) is 0 Å². The topological polar surface area (TPSA) is 0 Å². The van der Waals surface area contributed by atoms with Crippen molar-refractivity contribution in [2.75, 3.05) is 0 Å². The first-order chi connectivity index (χ1) is 15.7. The van der Waals surface area contributed by atoms with Gasteiger partial charge in [-0.25, -0.2) is 0 Å². The third-order valence-electron chi connectivity index (χ3n) is 7.03. The first-order valence-electron chi connectivity index (χ1n) is 11.5. The molecule has 0 heteroatoms. The van der Waals surface area contributed by atoms with Gasteiger partial charge in [-0.3, -0.25) is 0 Å². The zero-order valence-corrected chi connectivity index (χ0v) is 18.5. The Kier molecular flexibility index (Phi) is 4.47. The molecule has 2 atom stereocenters. The number of rotatable bonds is 2. The van der Waals surface area contributed by atoms with E-state index in [9.17, 15) is 0 Å². The van der Waals surface area contributed by atoms with Gasteiger partial charge in [0, 0.05) is 5.92 Å². The van der Waals surface area contributed by atoms with Gasteiger partial charge in [0.1, 0.15) is 0 Å². The largest absolute Gasteiger partial charge is 0.0808 e. The van der Waals surface area contributed by atoms with Crippen molar-refractivity contribution in [2.45, 2.75) is 19.8 Å². The molecule has 0 nitrogen and oxygen atoms in total. The fraction of sp³-hybridized carbons (Fsp3) is 0.125. The van der Waals surface area contributed by atoms with Crippen LogP contribution in [-0.2, 0) is 0 Å². The fourth-order valence-electron chi connectivity index (χ4n) is 5.40. The van der Waals surface area contributed by atoms with E-state index in [4.69, 9.17) is 0 Å². The average molecular weight is 411 g/mol. The average Bonchev–Trinajstić information content (AvgIpc) is 2.84. The van der Waals surface area contributed by atoms with Gasteiger partial charge in [-0.1, -0.05) is 116 Å². The van der Waals surface area contributed by atoms with Crippen LogP contribution in [0.3, 0.4) is 0 Å². The van der Waals surface area contributed by atoms with Crippen molar-refractivity contribution in [1.29, 1.82) is 0 Å². The SMILES string of the molecule is Cc1ccc(-c2ccc3c4ccccc4c4ccccc4c3c2)c(C2C=CC=CC2C)c1. The zero-order chi connectivity index (χ0) is 21.7. The van der Waals surface area contributed by atoms with Gasteiger partial charge >= 0.3 is 0 Å². The summed E-state index contributed by atoms with van der Waals surface area (Å²) in [6, 6.07) is 31.6. The lowest BCUT2D eigenvalue weighted by Gasteiger charge is -2.24. The minimum Gasteiger partial charge on any atom is -0.0808 e. The molecule has 0 saturated heterocycles. The first kappa shape index (κ1) is 19.1. The van der Waals surface area contributed by atoms with Crippen molar-refractivity contribution in [2.24, 2.45) is 5.92 Å². The molecule has 0 aromatic heterocycles. The lowest BCUT2D eigenvalue weighted by molar-refractivity contribution is 0.636. The van der Waals surface area contributed by atoms with E-state index >= 15 is 0 Å². The molecular formula is C32H26. The summed E-state index contributed by atoms with van der Waals surface area (Å²) in [7, 11) is 0. The van der Waals surface area contributed by atoms with Crippen LogP contribution in [-0.4, -0.2) is 0 Å². The predicted molar refractivity (Wildman–Crippen MR) is 139 cm³/mol. The summed E-state index contributed by atoms with van der Waals surface area (Å²) in [5, 5.41) is 7.95. The Labute approximate surface area is 189 Å². The van der Waals surface area contributed by atoms with Crippen molar-refractivity contribution in [3.8, 4) is 11.1 Å². The van der Waals surface area contributed by atoms with E-state index < -0.39 is 0 Å². The molecule has 0 N–H and O–H groups in total. The summed E-state index contributed by atoms with van der Waals surface area (Å²) in [4.78, 5) is 0. The summed E-state index contributed by atoms with van der Waals surface area (Å²) < 4.78 is 0. The third-order valence-corrected chi connectivity index (χ3v) is 7.03. The molecule has 154 valence electrons. The van der Waals surface area contributed by atoms with Crippen LogP contribution in [0.2, 0.25) is 0 Å². The Morgan fingerprint density at radius 2 is 1.16 bits per heavy atom. The van der Waals surface area contributed by atoms with Crippen LogP contribution in [0.4, 0.5) is 0 Å². The predicted octanol–water partition coefficient (Wildman–Crippen LogP) is 8.97. The Bertz CT molecular complexity index is 1510. The van der Waals surface area contributed by atoms with Crippen LogP contribution in [0.1, 0.15) is 24.0 Å². The van der Waals surface area contributed by atoms with Crippen LogP contribution >= 0.6 is 0 Å². The lowest BCUT2D eigenvalue weighted by Crippen LogP contribution is -2.09. The molecule has 2 unspecified atom stereocenters. The highest BCUT2D eigenvalue weighted by molar-refractivity contribution is 6.25. The molecule has 0 spiro atoms. The Morgan fingerprint density at radius 1 is 0.562 bits per heavy atom. The van der Waals surface area contributed by atoms with Crippen molar-refractivity contribution in [1.82, 2.24) is 0 Å². The fourth-order valence-corrected chi connectivity index (χ4v) is 5.40. The molecule has 0 radical (unpaired) electrons. The van der Waals surface area contributed by atoms with E-state index in [0.29, 0.717) is 11.8 Å². The van der Waals surface area contributed by atoms with Crippen LogP contribution in [0.15, 0.2) is 109 Å². The zero-order valence-electron chi connectivity index (χ0n) is 18.5. The second-order valence-corrected chi connectivity index (χ2v) is 9.10. The highest BCUT2D eigenvalue weighted by Gasteiger charge is 2.20. The minimum atomic E-state index is 0.402. The number of aryl methyl sites for hydroxylation is 1. The maximum atomic E-state index is 2.41. The highest BCUT2D eigenvalue weighted by Crippen LogP contribution is 2.40. The number of benzene rings is 5. The van der Waals surface area contributed by atoms with E-state index in [0.717, 1.165) is 0 Å². The quantitative estimate of drug-likeness (QED) is 0.255. The third kappa shape index (κ3) is 2.99. The number of allylic oxidation sites excluding steroid dienone is 4. The Hall–Kier alpha value is -3.64. The first-order valence-corrected chi connectivity index (χ1v) is 11.5. The minimum absolute atomic E-state index is 0.402. The van der Waals surface area contributed by atoms with Crippen molar-refractivity contribution in [3.05, 3.63) is 120 Å². The van der Waals surface area contributed by atoms with Gasteiger partial charge in [0.2, 0.25) is 0 Å². The van der Waals surface area contributed by atoms with E-state index in [1.54, 1.807) is 0 Å². The smallest absolute Gasteiger partial charge is 0.00876 e. The molecule has 0 fully saturated rings. The molecule has 5 aromatic rings. The van der Waals surface area contributed by atoms with Gasteiger partial charge in [-0.2, -0.15) is 0 Å². The van der Waals surface area contributed by atoms with E-state index in [-0.39, 0.29) is 0 Å². The molecule has 0 saturated carbocycles. The molecule has 5 aromatic carbocycles. The molecule has 0 amide bonds. The van der Waals surface area contributed by atoms with Crippen molar-refractivity contribution >= 4 is 32.3 Å². The van der Waals surface area contributed by atoms with Crippen molar-refractivity contribution in [3.63, 3.8) is 0 Å². The van der Waals surface area contributed by atoms with Crippen LogP contribution < -0.4 is 0 Å². The van der Waals surface area contributed by atoms with Gasteiger partial charge in [-0.05, 0) is 67.9 Å². The monoisotopic (exact) mass is 410 g/mol. The maximum Gasteiger partial charge on any atom is 0.00876 e. The molecule has 0 bridgehead atoms. The molecule has 0 aliphatic heterocycles. The summed E-state index contributed by atoms with van der Waals surface area (Å²) >= 11 is 0. The van der Waals surface area contributed by atoms with Crippen LogP contribution in [0.25, 0.3) is 43.4 Å². The normalized spacial score (nSPS) is 18.1. The summed E-state index contributed by atoms with van der Waals surface area (Å²) in [6.45, 7) is 4.51. The van der Waals surface area contributed by atoms with Gasteiger partial charge in [-0.15, -0.1) is 0 Å². The molecule has 1 aliphatic rings. The van der Waals surface area contributed by atoms with E-state index in [1.165, 1.54) is 54.6 Å². The van der Waals surface area contributed by atoms with Gasteiger partial charge in [0.15, 0.2) is 0 Å². The Balaban J connectivity index is 1.64. The summed E-state index contributed by atoms with van der Waals surface area (Å²) in [6.07, 6.45) is 9.03. The van der Waals surface area contributed by atoms with Gasteiger partial charge < -0.3 is 0 Å². The molecule has 32 heavy (non-hydrogen) atoms. The molecular weight excluding hydrogens is 384 g/mol. The molecule has 0 heterocycles. The molecule has 1 aliphatic carbocycles. The second kappa shape index (κ2) is 7.50. The van der Waals surface area contributed by atoms with E-state index in [2.05, 4.69) is 123 Å².